The maximum Gasteiger partial charge on any atom is 0.152 e. The van der Waals surface area contributed by atoms with Gasteiger partial charge in [0.25, 0.3) is 0 Å². The first-order valence-corrected chi connectivity index (χ1v) is 8.99. The van der Waals surface area contributed by atoms with Crippen LogP contribution in [0.2, 0.25) is 0 Å². The van der Waals surface area contributed by atoms with Gasteiger partial charge in [0.2, 0.25) is 0 Å². The van der Waals surface area contributed by atoms with E-state index in [4.69, 9.17) is 16.5 Å². The summed E-state index contributed by atoms with van der Waals surface area (Å²) in [7, 11) is 0. The highest BCUT2D eigenvalue weighted by atomic mass is 15.1. The van der Waals surface area contributed by atoms with Gasteiger partial charge in [-0.3, -0.25) is 4.99 Å². The van der Waals surface area contributed by atoms with Gasteiger partial charge in [-0.15, -0.1) is 0 Å². The van der Waals surface area contributed by atoms with Gasteiger partial charge in [-0.1, -0.05) is 31.5 Å². The number of rotatable bonds is 8. The molecule has 0 aliphatic carbocycles. The predicted octanol–water partition coefficient (Wildman–Crippen LogP) is 3.28. The van der Waals surface area contributed by atoms with E-state index >= 15 is 0 Å². The van der Waals surface area contributed by atoms with Crippen LogP contribution in [0.25, 0.3) is 21.9 Å². The molecule has 3 rings (SSSR count). The van der Waals surface area contributed by atoms with E-state index in [1.165, 1.54) is 6.34 Å². The minimum Gasteiger partial charge on any atom is -0.390 e. The largest absolute Gasteiger partial charge is 0.390 e. The van der Waals surface area contributed by atoms with Crippen LogP contribution in [-0.4, -0.2) is 27.4 Å². The Labute approximate surface area is 148 Å². The number of aromatic nitrogens is 3. The molecule has 132 valence electrons. The molecule has 6 heteroatoms. The van der Waals surface area contributed by atoms with Crippen molar-refractivity contribution < 1.29 is 0 Å². The second kappa shape index (κ2) is 7.96. The fourth-order valence-electron chi connectivity index (χ4n) is 3.22. The Balaban J connectivity index is 2.05. The van der Waals surface area contributed by atoms with E-state index in [2.05, 4.69) is 27.5 Å². The van der Waals surface area contributed by atoms with E-state index in [1.807, 2.05) is 18.2 Å². The number of nitrogens with zero attached hydrogens (tertiary/aromatic N) is 4. The van der Waals surface area contributed by atoms with Gasteiger partial charge in [0.1, 0.15) is 11.3 Å². The van der Waals surface area contributed by atoms with Crippen LogP contribution in [0.15, 0.2) is 29.3 Å². The van der Waals surface area contributed by atoms with Crippen molar-refractivity contribution in [2.45, 2.75) is 45.6 Å². The minimum atomic E-state index is 0.512. The first-order valence-electron chi connectivity index (χ1n) is 8.99. The van der Waals surface area contributed by atoms with Crippen LogP contribution >= 0.6 is 0 Å². The van der Waals surface area contributed by atoms with Crippen molar-refractivity contribution in [3.05, 3.63) is 30.1 Å². The normalized spacial score (nSPS) is 11.9. The molecule has 2 heterocycles. The zero-order valence-electron chi connectivity index (χ0n) is 14.8. The molecule has 0 aliphatic heterocycles. The van der Waals surface area contributed by atoms with Crippen molar-refractivity contribution in [3.8, 4) is 0 Å². The maximum absolute atomic E-state index is 6.21. The van der Waals surface area contributed by atoms with Crippen LogP contribution in [-0.2, 0) is 13.0 Å². The standard InChI is InChI=1S/C19H26N6/c1-2-3-10-16-24-17-18(25(16)12-7-6-11-22-13-20)14-8-4-5-9-15(14)23-19(17)21/h4-5,8-9,13H,2-3,6-7,10-12H2,1H3,(H2,20,22)(H2,21,23). The van der Waals surface area contributed by atoms with E-state index in [1.54, 1.807) is 0 Å². The SMILES string of the molecule is CCCCc1nc2c(N)nc3ccccc3c2n1CCCCN=CN. The molecular formula is C19H26N6. The first-order chi connectivity index (χ1) is 12.3. The monoisotopic (exact) mass is 338 g/mol. The summed E-state index contributed by atoms with van der Waals surface area (Å²) >= 11 is 0. The number of anilines is 1. The number of aliphatic imine (C=N–C) groups is 1. The summed E-state index contributed by atoms with van der Waals surface area (Å²) in [6, 6.07) is 8.14. The zero-order valence-corrected chi connectivity index (χ0v) is 14.8. The van der Waals surface area contributed by atoms with Crippen LogP contribution in [0.3, 0.4) is 0 Å². The highest BCUT2D eigenvalue weighted by Crippen LogP contribution is 2.29. The number of nitrogens with two attached hydrogens (primary N) is 2. The molecule has 0 spiro atoms. The Bertz CT molecular complexity index is 880. The van der Waals surface area contributed by atoms with Crippen LogP contribution < -0.4 is 11.5 Å². The van der Waals surface area contributed by atoms with Crippen molar-refractivity contribution in [1.82, 2.24) is 14.5 Å². The molecule has 0 bridgehead atoms. The highest BCUT2D eigenvalue weighted by Gasteiger charge is 2.16. The summed E-state index contributed by atoms with van der Waals surface area (Å²) in [6.45, 7) is 3.87. The average molecular weight is 338 g/mol. The molecule has 2 aromatic heterocycles. The summed E-state index contributed by atoms with van der Waals surface area (Å²) in [5, 5.41) is 1.11. The third-order valence-corrected chi connectivity index (χ3v) is 4.47. The minimum absolute atomic E-state index is 0.512. The first kappa shape index (κ1) is 17.2. The fraction of sp³-hybridized carbons (Fsp3) is 0.421. The van der Waals surface area contributed by atoms with Crippen molar-refractivity contribution in [3.63, 3.8) is 0 Å². The molecule has 0 saturated carbocycles. The second-order valence-electron chi connectivity index (χ2n) is 6.26. The van der Waals surface area contributed by atoms with Gasteiger partial charge in [0, 0.05) is 24.9 Å². The number of nitrogen functional groups attached to an aromatic ring is 1. The molecule has 0 amide bonds. The number of fused-ring (bicyclic) bond motifs is 3. The quantitative estimate of drug-likeness (QED) is 0.374. The molecule has 0 fully saturated rings. The number of benzene rings is 1. The Morgan fingerprint density at radius 2 is 2.00 bits per heavy atom. The van der Waals surface area contributed by atoms with E-state index in [-0.39, 0.29) is 0 Å². The summed E-state index contributed by atoms with van der Waals surface area (Å²) < 4.78 is 2.33. The van der Waals surface area contributed by atoms with Gasteiger partial charge in [0.15, 0.2) is 5.82 Å². The third kappa shape index (κ3) is 3.57. The van der Waals surface area contributed by atoms with Gasteiger partial charge in [-0.25, -0.2) is 9.97 Å². The van der Waals surface area contributed by atoms with Crippen LogP contribution in [0.1, 0.15) is 38.4 Å². The molecule has 0 saturated heterocycles. The zero-order chi connectivity index (χ0) is 17.6. The van der Waals surface area contributed by atoms with E-state index in [0.717, 1.165) is 73.0 Å². The van der Waals surface area contributed by atoms with Crippen LogP contribution in [0.4, 0.5) is 5.82 Å². The summed E-state index contributed by atoms with van der Waals surface area (Å²) in [4.78, 5) is 13.5. The molecule has 0 atom stereocenters. The Morgan fingerprint density at radius 1 is 1.16 bits per heavy atom. The molecule has 6 nitrogen and oxygen atoms in total. The number of pyridine rings is 1. The average Bonchev–Trinajstić information content (AvgIpc) is 2.99. The smallest absolute Gasteiger partial charge is 0.152 e. The van der Waals surface area contributed by atoms with Crippen LogP contribution in [0.5, 0.6) is 0 Å². The lowest BCUT2D eigenvalue weighted by molar-refractivity contribution is 0.594. The number of hydrogen-bond donors (Lipinski definition) is 2. The van der Waals surface area contributed by atoms with Crippen molar-refractivity contribution in [1.29, 1.82) is 0 Å². The second-order valence-corrected chi connectivity index (χ2v) is 6.26. The topological polar surface area (TPSA) is 95.1 Å². The Hall–Kier alpha value is -2.63. The van der Waals surface area contributed by atoms with Crippen LogP contribution in [0, 0.1) is 0 Å². The van der Waals surface area contributed by atoms with Gasteiger partial charge in [0.05, 0.1) is 17.4 Å². The molecule has 0 radical (unpaired) electrons. The summed E-state index contributed by atoms with van der Waals surface area (Å²) in [6.07, 6.45) is 6.62. The fourth-order valence-corrected chi connectivity index (χ4v) is 3.22. The summed E-state index contributed by atoms with van der Waals surface area (Å²) in [5.74, 6) is 1.61. The lowest BCUT2D eigenvalue weighted by Gasteiger charge is -2.10. The van der Waals surface area contributed by atoms with Gasteiger partial charge in [-0.05, 0) is 25.3 Å². The lowest BCUT2D eigenvalue weighted by Crippen LogP contribution is -2.05. The van der Waals surface area contributed by atoms with E-state index in [0.29, 0.717) is 5.82 Å². The molecule has 4 N–H and O–H groups in total. The van der Waals surface area contributed by atoms with Crippen molar-refractivity contribution >= 4 is 34.1 Å². The van der Waals surface area contributed by atoms with Gasteiger partial charge >= 0.3 is 0 Å². The van der Waals surface area contributed by atoms with Gasteiger partial charge in [-0.2, -0.15) is 0 Å². The predicted molar refractivity (Wildman–Crippen MR) is 105 cm³/mol. The Kier molecular flexibility index (Phi) is 5.48. The van der Waals surface area contributed by atoms with Crippen molar-refractivity contribution in [2.75, 3.05) is 12.3 Å². The molecular weight excluding hydrogens is 312 g/mol. The Morgan fingerprint density at radius 3 is 2.80 bits per heavy atom. The highest BCUT2D eigenvalue weighted by molar-refractivity contribution is 6.06. The molecule has 3 aromatic rings. The number of unbranched alkanes of at least 4 members (excludes halogenated alkanes) is 2. The number of hydrogen-bond acceptors (Lipinski definition) is 4. The van der Waals surface area contributed by atoms with E-state index < -0.39 is 0 Å². The molecule has 0 aliphatic rings. The molecule has 0 unspecified atom stereocenters. The lowest BCUT2D eigenvalue weighted by atomic mass is 10.2. The third-order valence-electron chi connectivity index (χ3n) is 4.47. The molecule has 25 heavy (non-hydrogen) atoms. The number of para-hydroxylation sites is 1. The number of imidazole rings is 1. The maximum atomic E-state index is 6.21. The molecule has 1 aromatic carbocycles. The van der Waals surface area contributed by atoms with Gasteiger partial charge < -0.3 is 16.0 Å². The van der Waals surface area contributed by atoms with E-state index in [9.17, 15) is 0 Å². The summed E-state index contributed by atoms with van der Waals surface area (Å²) in [5.41, 5.74) is 14.4. The number of aryl methyl sites for hydroxylation is 2. The van der Waals surface area contributed by atoms with Crippen molar-refractivity contribution in [2.24, 2.45) is 10.7 Å².